The maximum atomic E-state index is 6.30. The molecule has 0 aliphatic heterocycles. The minimum absolute atomic E-state index is 0.279. The Kier molecular flexibility index (Phi) is 6.21. The number of rotatable bonds is 4. The van der Waals surface area contributed by atoms with E-state index in [2.05, 4.69) is 80.7 Å². The van der Waals surface area contributed by atoms with Gasteiger partial charge in [-0.1, -0.05) is 80.7 Å². The highest BCUT2D eigenvalue weighted by molar-refractivity contribution is 9.09. The van der Waals surface area contributed by atoms with Crippen molar-refractivity contribution in [2.45, 2.75) is 70.2 Å². The molecule has 0 unspecified atom stereocenters. The van der Waals surface area contributed by atoms with E-state index in [-0.39, 0.29) is 10.4 Å². The van der Waals surface area contributed by atoms with Crippen molar-refractivity contribution in [3.63, 3.8) is 0 Å². The predicted molar refractivity (Wildman–Crippen MR) is 107 cm³/mol. The summed E-state index contributed by atoms with van der Waals surface area (Å²) in [6, 6.07) is 8.93. The zero-order valence-electron chi connectivity index (χ0n) is 15.7. The first-order valence-electron chi connectivity index (χ1n) is 9.02. The Labute approximate surface area is 156 Å². The molecule has 1 aromatic rings. The lowest BCUT2D eigenvalue weighted by molar-refractivity contribution is -0.0717. The van der Waals surface area contributed by atoms with Crippen LogP contribution in [-0.2, 0) is 10.3 Å². The highest BCUT2D eigenvalue weighted by Crippen LogP contribution is 2.50. The Morgan fingerprint density at radius 3 is 2.38 bits per heavy atom. The fraction of sp³-hybridized carbons (Fsp3) is 0.636. The quantitative estimate of drug-likeness (QED) is 0.435. The van der Waals surface area contributed by atoms with Crippen LogP contribution in [0.4, 0.5) is 0 Å². The molecule has 24 heavy (non-hydrogen) atoms. The summed E-state index contributed by atoms with van der Waals surface area (Å²) in [6.45, 7) is 11.8. The molecule has 2 heteroatoms. The number of benzene rings is 1. The van der Waals surface area contributed by atoms with Gasteiger partial charge < -0.3 is 4.74 Å². The summed E-state index contributed by atoms with van der Waals surface area (Å²) in [5, 5.41) is 0. The molecule has 0 radical (unpaired) electrons. The molecule has 132 valence electrons. The minimum atomic E-state index is -0.316. The second-order valence-electron chi connectivity index (χ2n) is 8.46. The van der Waals surface area contributed by atoms with Crippen LogP contribution in [0.2, 0.25) is 0 Å². The van der Waals surface area contributed by atoms with Crippen molar-refractivity contribution in [1.82, 2.24) is 0 Å². The fourth-order valence-electron chi connectivity index (χ4n) is 3.78. The molecule has 0 N–H and O–H groups in total. The molecule has 1 aliphatic carbocycles. The molecular formula is C22H31BrO. The Morgan fingerprint density at radius 2 is 1.92 bits per heavy atom. The van der Waals surface area contributed by atoms with E-state index < -0.39 is 0 Å². The summed E-state index contributed by atoms with van der Waals surface area (Å²) in [7, 11) is 0. The molecule has 1 nitrogen and oxygen atoms in total. The van der Waals surface area contributed by atoms with Gasteiger partial charge in [0.1, 0.15) is 12.2 Å². The summed E-state index contributed by atoms with van der Waals surface area (Å²) < 4.78 is 6.30. The van der Waals surface area contributed by atoms with Gasteiger partial charge >= 0.3 is 0 Å². The van der Waals surface area contributed by atoms with Crippen molar-refractivity contribution in [3.8, 4) is 12.3 Å². The van der Waals surface area contributed by atoms with E-state index in [1.54, 1.807) is 0 Å². The largest absolute Gasteiger partial charge is 0.356 e. The number of terminal acetylenes is 1. The molecule has 1 aromatic carbocycles. The highest BCUT2D eigenvalue weighted by atomic mass is 79.9. The smallest absolute Gasteiger partial charge is 0.108 e. The van der Waals surface area contributed by atoms with Crippen LogP contribution in [0.3, 0.4) is 0 Å². The van der Waals surface area contributed by atoms with Gasteiger partial charge in [-0.05, 0) is 47.6 Å². The molecule has 0 spiro atoms. The topological polar surface area (TPSA) is 9.23 Å². The molecule has 1 aliphatic rings. The third kappa shape index (κ3) is 4.06. The van der Waals surface area contributed by atoms with Crippen LogP contribution in [0.1, 0.15) is 70.9 Å². The number of hydrogen-bond acceptors (Lipinski definition) is 1. The summed E-state index contributed by atoms with van der Waals surface area (Å²) >= 11 is 3.97. The second kappa shape index (κ2) is 7.63. The van der Waals surface area contributed by atoms with E-state index in [0.29, 0.717) is 23.9 Å². The number of halogens is 1. The fourth-order valence-corrected chi connectivity index (χ4v) is 4.86. The summed E-state index contributed by atoms with van der Waals surface area (Å²) in [6.07, 6.45) is 8.79. The monoisotopic (exact) mass is 390 g/mol. The van der Waals surface area contributed by atoms with Gasteiger partial charge in [-0.3, -0.25) is 0 Å². The molecule has 2 rings (SSSR count). The lowest BCUT2D eigenvalue weighted by atomic mass is 9.66. The van der Waals surface area contributed by atoms with Gasteiger partial charge in [0.25, 0.3) is 0 Å². The Balaban J connectivity index is 2.32. The average molecular weight is 391 g/mol. The molecule has 0 bridgehead atoms. The van der Waals surface area contributed by atoms with Crippen LogP contribution < -0.4 is 0 Å². The maximum absolute atomic E-state index is 6.30. The van der Waals surface area contributed by atoms with Crippen LogP contribution in [0.15, 0.2) is 24.3 Å². The molecule has 0 aromatic heterocycles. The first-order valence-corrected chi connectivity index (χ1v) is 9.94. The first kappa shape index (κ1) is 19.5. The Morgan fingerprint density at radius 1 is 1.29 bits per heavy atom. The third-order valence-electron chi connectivity index (χ3n) is 5.57. The zero-order chi connectivity index (χ0) is 18.0. The number of ether oxygens (including phenoxy) is 1. The lowest BCUT2D eigenvalue weighted by Gasteiger charge is -2.47. The van der Waals surface area contributed by atoms with Gasteiger partial charge in [0.2, 0.25) is 0 Å². The third-order valence-corrected chi connectivity index (χ3v) is 6.68. The summed E-state index contributed by atoms with van der Waals surface area (Å²) in [5.74, 6) is 3.89. The van der Waals surface area contributed by atoms with E-state index in [1.165, 1.54) is 17.5 Å². The molecule has 0 amide bonds. The molecule has 1 fully saturated rings. The van der Waals surface area contributed by atoms with E-state index in [9.17, 15) is 0 Å². The molecular weight excluding hydrogens is 360 g/mol. The molecule has 1 saturated carbocycles. The van der Waals surface area contributed by atoms with Crippen LogP contribution in [0.5, 0.6) is 0 Å². The van der Waals surface area contributed by atoms with Crippen LogP contribution in [0, 0.1) is 23.7 Å². The van der Waals surface area contributed by atoms with E-state index >= 15 is 0 Å². The van der Waals surface area contributed by atoms with Crippen molar-refractivity contribution in [3.05, 3.63) is 35.4 Å². The van der Waals surface area contributed by atoms with Gasteiger partial charge in [0.05, 0.1) is 0 Å². The molecule has 0 heterocycles. The van der Waals surface area contributed by atoms with Gasteiger partial charge in [-0.2, -0.15) is 0 Å². The zero-order valence-corrected chi connectivity index (χ0v) is 17.3. The van der Waals surface area contributed by atoms with Crippen molar-refractivity contribution in [2.24, 2.45) is 11.3 Å². The van der Waals surface area contributed by atoms with Crippen LogP contribution >= 0.6 is 15.9 Å². The Hall–Kier alpha value is -0.780. The molecule has 3 atom stereocenters. The average Bonchev–Trinajstić information content (AvgIpc) is 2.53. The SMILES string of the molecule is C#CCO[C@@]1(c2ccc(C(C)C)cc2)CC[C@@H](C(C)(C)C)C[C@@H]1Br. The number of hydrogen-bond donors (Lipinski definition) is 0. The second-order valence-corrected chi connectivity index (χ2v) is 9.57. The van der Waals surface area contributed by atoms with E-state index in [0.717, 1.165) is 12.8 Å². The van der Waals surface area contributed by atoms with Crippen molar-refractivity contribution >= 4 is 15.9 Å². The number of alkyl halides is 1. The standard InChI is InChI=1S/C22H31BrO/c1-7-14-24-22(18-10-8-17(9-11-18)16(2)3)13-12-19(15-20(22)23)21(4,5)6/h1,8-11,16,19-20H,12-15H2,2-6H3/t19-,20+,22-/m1/s1. The van der Waals surface area contributed by atoms with Gasteiger partial charge in [0.15, 0.2) is 0 Å². The van der Waals surface area contributed by atoms with Crippen molar-refractivity contribution < 1.29 is 4.74 Å². The highest BCUT2D eigenvalue weighted by Gasteiger charge is 2.46. The predicted octanol–water partition coefficient (Wildman–Crippen LogP) is 6.26. The van der Waals surface area contributed by atoms with E-state index in [1.807, 2.05) is 0 Å². The van der Waals surface area contributed by atoms with Gasteiger partial charge in [-0.15, -0.1) is 6.42 Å². The summed E-state index contributed by atoms with van der Waals surface area (Å²) in [5.41, 5.74) is 2.62. The summed E-state index contributed by atoms with van der Waals surface area (Å²) in [4.78, 5) is 0.279. The normalized spacial score (nSPS) is 27.9. The maximum Gasteiger partial charge on any atom is 0.108 e. The minimum Gasteiger partial charge on any atom is -0.356 e. The Bertz CT molecular complexity index is 575. The van der Waals surface area contributed by atoms with Gasteiger partial charge in [-0.25, -0.2) is 0 Å². The van der Waals surface area contributed by atoms with Crippen LogP contribution in [-0.4, -0.2) is 11.4 Å². The molecule has 0 saturated heterocycles. The van der Waals surface area contributed by atoms with Gasteiger partial charge in [0, 0.05) is 4.83 Å². The van der Waals surface area contributed by atoms with Crippen LogP contribution in [0.25, 0.3) is 0 Å². The van der Waals surface area contributed by atoms with Crippen molar-refractivity contribution in [2.75, 3.05) is 6.61 Å². The first-order chi connectivity index (χ1) is 11.2. The lowest BCUT2D eigenvalue weighted by Crippen LogP contribution is -2.46. The van der Waals surface area contributed by atoms with Crippen molar-refractivity contribution in [1.29, 1.82) is 0 Å². The van der Waals surface area contributed by atoms with E-state index in [4.69, 9.17) is 11.2 Å².